The molecule has 0 heterocycles. The molecule has 0 bridgehead atoms. The molecule has 18 heavy (non-hydrogen) atoms. The van der Waals surface area contributed by atoms with Gasteiger partial charge in [0.1, 0.15) is 6.61 Å². The average molecular weight is 245 g/mol. The lowest BCUT2D eigenvalue weighted by Gasteiger charge is -2.22. The minimum atomic E-state index is 0.693. The van der Waals surface area contributed by atoms with Crippen molar-refractivity contribution >= 4 is 6.21 Å². The Morgan fingerprint density at radius 1 is 1.28 bits per heavy atom. The Morgan fingerprint density at radius 2 is 2.11 bits per heavy atom. The third kappa shape index (κ3) is 3.86. The van der Waals surface area contributed by atoms with E-state index in [0.717, 1.165) is 17.9 Å². The first-order valence-corrected chi connectivity index (χ1v) is 7.15. The van der Waals surface area contributed by atoms with Crippen LogP contribution in [0.5, 0.6) is 0 Å². The molecule has 1 aliphatic rings. The highest BCUT2D eigenvalue weighted by Gasteiger charge is 2.15. The van der Waals surface area contributed by atoms with Gasteiger partial charge in [0.05, 0.1) is 6.21 Å². The van der Waals surface area contributed by atoms with Crippen molar-refractivity contribution in [2.24, 2.45) is 5.16 Å². The normalized spacial score (nSPS) is 17.2. The van der Waals surface area contributed by atoms with Gasteiger partial charge in [0.2, 0.25) is 0 Å². The molecule has 98 valence electrons. The number of hydrogen-bond donors (Lipinski definition) is 0. The molecule has 2 nitrogen and oxygen atoms in total. The summed E-state index contributed by atoms with van der Waals surface area (Å²) in [6.07, 6.45) is 9.66. The maximum atomic E-state index is 5.14. The smallest absolute Gasteiger partial charge is 0.116 e. The summed E-state index contributed by atoms with van der Waals surface area (Å²) < 4.78 is 0. The molecule has 2 rings (SSSR count). The highest BCUT2D eigenvalue weighted by atomic mass is 16.6. The molecule has 1 aromatic rings. The Morgan fingerprint density at radius 3 is 2.89 bits per heavy atom. The highest BCUT2D eigenvalue weighted by molar-refractivity contribution is 5.79. The van der Waals surface area contributed by atoms with Gasteiger partial charge in [-0.1, -0.05) is 49.5 Å². The van der Waals surface area contributed by atoms with E-state index < -0.39 is 0 Å². The Kier molecular flexibility index (Phi) is 5.25. The molecule has 0 atom stereocenters. The average Bonchev–Trinajstić information content (AvgIpc) is 2.45. The molecule has 0 spiro atoms. The summed E-state index contributed by atoms with van der Waals surface area (Å²) in [5.41, 5.74) is 2.61. The summed E-state index contributed by atoms with van der Waals surface area (Å²) in [7, 11) is 0. The molecule has 0 N–H and O–H groups in total. The van der Waals surface area contributed by atoms with Crippen molar-refractivity contribution in [3.05, 3.63) is 35.4 Å². The molecule has 0 aliphatic heterocycles. The van der Waals surface area contributed by atoms with E-state index in [1.807, 2.05) is 6.21 Å². The topological polar surface area (TPSA) is 21.6 Å². The van der Waals surface area contributed by atoms with Gasteiger partial charge in [-0.05, 0) is 42.4 Å². The lowest BCUT2D eigenvalue weighted by Crippen LogP contribution is -2.04. The zero-order valence-electron chi connectivity index (χ0n) is 11.3. The predicted octanol–water partition coefficient (Wildman–Crippen LogP) is 4.49. The first kappa shape index (κ1) is 13.1. The minimum absolute atomic E-state index is 0.693. The van der Waals surface area contributed by atoms with Gasteiger partial charge in [0.15, 0.2) is 0 Å². The van der Waals surface area contributed by atoms with Gasteiger partial charge in [-0.3, -0.25) is 0 Å². The Balaban J connectivity index is 1.98. The zero-order chi connectivity index (χ0) is 12.6. The van der Waals surface area contributed by atoms with E-state index in [9.17, 15) is 0 Å². The fourth-order valence-electron chi connectivity index (χ4n) is 2.57. The summed E-state index contributed by atoms with van der Waals surface area (Å²) in [4.78, 5) is 5.14. The minimum Gasteiger partial charge on any atom is -0.396 e. The van der Waals surface area contributed by atoms with E-state index in [1.54, 1.807) is 0 Å². The van der Waals surface area contributed by atoms with Crippen molar-refractivity contribution in [1.29, 1.82) is 0 Å². The largest absolute Gasteiger partial charge is 0.396 e. The third-order valence-electron chi connectivity index (χ3n) is 3.56. The summed E-state index contributed by atoms with van der Waals surface area (Å²) in [6.45, 7) is 2.78. The van der Waals surface area contributed by atoms with Crippen molar-refractivity contribution < 1.29 is 4.84 Å². The SMILES string of the molecule is CCCON=Cc1cccc(C2CCCCC2)c1. The van der Waals surface area contributed by atoms with Crippen LogP contribution in [-0.4, -0.2) is 12.8 Å². The van der Waals surface area contributed by atoms with Crippen LogP contribution in [0.4, 0.5) is 0 Å². The van der Waals surface area contributed by atoms with Crippen LogP contribution in [0.15, 0.2) is 29.4 Å². The van der Waals surface area contributed by atoms with Gasteiger partial charge in [-0.25, -0.2) is 0 Å². The molecule has 0 unspecified atom stereocenters. The second kappa shape index (κ2) is 7.20. The van der Waals surface area contributed by atoms with Crippen molar-refractivity contribution in [2.45, 2.75) is 51.4 Å². The lowest BCUT2D eigenvalue weighted by molar-refractivity contribution is 0.146. The van der Waals surface area contributed by atoms with Gasteiger partial charge in [-0.2, -0.15) is 0 Å². The lowest BCUT2D eigenvalue weighted by atomic mass is 9.84. The second-order valence-corrected chi connectivity index (χ2v) is 5.07. The first-order chi connectivity index (χ1) is 8.90. The monoisotopic (exact) mass is 245 g/mol. The maximum absolute atomic E-state index is 5.14. The first-order valence-electron chi connectivity index (χ1n) is 7.15. The highest BCUT2D eigenvalue weighted by Crippen LogP contribution is 2.32. The molecule has 0 aromatic heterocycles. The van der Waals surface area contributed by atoms with Crippen molar-refractivity contribution in [3.63, 3.8) is 0 Å². The van der Waals surface area contributed by atoms with Gasteiger partial charge >= 0.3 is 0 Å². The maximum Gasteiger partial charge on any atom is 0.116 e. The molecule has 1 saturated carbocycles. The van der Waals surface area contributed by atoms with Crippen LogP contribution in [0.3, 0.4) is 0 Å². The van der Waals surface area contributed by atoms with Gasteiger partial charge in [0, 0.05) is 0 Å². The van der Waals surface area contributed by atoms with Crippen molar-refractivity contribution in [3.8, 4) is 0 Å². The van der Waals surface area contributed by atoms with Crippen molar-refractivity contribution in [1.82, 2.24) is 0 Å². The molecule has 1 aromatic carbocycles. The van der Waals surface area contributed by atoms with Gasteiger partial charge in [0.25, 0.3) is 0 Å². The molecule has 2 heteroatoms. The standard InChI is InChI=1S/C16H23NO/c1-2-11-18-17-13-14-7-6-10-16(12-14)15-8-4-3-5-9-15/h6-7,10,12-13,15H,2-5,8-9,11H2,1H3. The quantitative estimate of drug-likeness (QED) is 0.425. The fourth-order valence-corrected chi connectivity index (χ4v) is 2.57. The van der Waals surface area contributed by atoms with E-state index in [0.29, 0.717) is 6.61 Å². The van der Waals surface area contributed by atoms with Crippen LogP contribution in [0, 0.1) is 0 Å². The number of nitrogens with zero attached hydrogens (tertiary/aromatic N) is 1. The van der Waals surface area contributed by atoms with Gasteiger partial charge in [-0.15, -0.1) is 0 Å². The number of hydrogen-bond acceptors (Lipinski definition) is 2. The van der Waals surface area contributed by atoms with Crippen LogP contribution < -0.4 is 0 Å². The third-order valence-corrected chi connectivity index (χ3v) is 3.56. The fraction of sp³-hybridized carbons (Fsp3) is 0.562. The molecule has 0 saturated heterocycles. The summed E-state index contributed by atoms with van der Waals surface area (Å²) in [5, 5.41) is 3.99. The molecular formula is C16H23NO. The number of benzene rings is 1. The molecule has 1 aliphatic carbocycles. The van der Waals surface area contributed by atoms with Crippen LogP contribution in [0.25, 0.3) is 0 Å². The van der Waals surface area contributed by atoms with E-state index in [4.69, 9.17) is 4.84 Å². The van der Waals surface area contributed by atoms with Crippen molar-refractivity contribution in [2.75, 3.05) is 6.61 Å². The van der Waals surface area contributed by atoms with E-state index in [-0.39, 0.29) is 0 Å². The molecule has 1 fully saturated rings. The number of oxime groups is 1. The zero-order valence-corrected chi connectivity index (χ0v) is 11.3. The Bertz CT molecular complexity index is 380. The van der Waals surface area contributed by atoms with Crippen LogP contribution in [0.1, 0.15) is 62.5 Å². The molecule has 0 radical (unpaired) electrons. The van der Waals surface area contributed by atoms with Gasteiger partial charge < -0.3 is 4.84 Å². The number of rotatable bonds is 5. The summed E-state index contributed by atoms with van der Waals surface area (Å²) in [5.74, 6) is 0.753. The van der Waals surface area contributed by atoms with Crippen LogP contribution >= 0.6 is 0 Å². The predicted molar refractivity (Wildman–Crippen MR) is 76.1 cm³/mol. The molecular weight excluding hydrogens is 222 g/mol. The Labute approximate surface area is 110 Å². The second-order valence-electron chi connectivity index (χ2n) is 5.07. The van der Waals surface area contributed by atoms with E-state index in [2.05, 4.69) is 36.3 Å². The summed E-state index contributed by atoms with van der Waals surface area (Å²) in [6, 6.07) is 8.73. The van der Waals surface area contributed by atoms with Crippen LogP contribution in [0.2, 0.25) is 0 Å². The molecule has 0 amide bonds. The van der Waals surface area contributed by atoms with E-state index >= 15 is 0 Å². The Hall–Kier alpha value is -1.31. The van der Waals surface area contributed by atoms with E-state index in [1.165, 1.54) is 37.7 Å². The summed E-state index contributed by atoms with van der Waals surface area (Å²) >= 11 is 0. The van der Waals surface area contributed by atoms with Crippen LogP contribution in [-0.2, 0) is 4.84 Å².